The zero-order valence-corrected chi connectivity index (χ0v) is 18.7. The number of ether oxygens (including phenoxy) is 1. The van der Waals surface area contributed by atoms with Crippen molar-refractivity contribution >= 4 is 6.09 Å². The molecule has 10 nitrogen and oxygen atoms in total. The fourth-order valence-corrected chi connectivity index (χ4v) is 3.34. The second-order valence-corrected chi connectivity index (χ2v) is 7.75. The van der Waals surface area contributed by atoms with Gasteiger partial charge in [-0.15, -0.1) is 5.10 Å². The Bertz CT molecular complexity index is 1310. The number of benzene rings is 2. The van der Waals surface area contributed by atoms with Gasteiger partial charge in [0.1, 0.15) is 24.0 Å². The predicted octanol–water partition coefficient (Wildman–Crippen LogP) is 3.47. The molecule has 34 heavy (non-hydrogen) atoms. The first-order valence-corrected chi connectivity index (χ1v) is 10.4. The molecular formula is C23H22FN7O3. The summed E-state index contributed by atoms with van der Waals surface area (Å²) in [6.45, 7) is 5.07. The van der Waals surface area contributed by atoms with Crippen LogP contribution in [0.3, 0.4) is 0 Å². The molecule has 2 aromatic carbocycles. The number of nitrogens with one attached hydrogen (secondary N) is 1. The Morgan fingerprint density at radius 3 is 2.62 bits per heavy atom. The maximum absolute atomic E-state index is 14.8. The lowest BCUT2D eigenvalue weighted by Gasteiger charge is -2.15. The Kier molecular flexibility index (Phi) is 6.55. The first-order valence-electron chi connectivity index (χ1n) is 10.4. The van der Waals surface area contributed by atoms with Crippen molar-refractivity contribution in [3.05, 3.63) is 77.9 Å². The number of carbonyl (C=O) groups excluding carboxylic acids is 1. The maximum atomic E-state index is 14.8. The van der Waals surface area contributed by atoms with E-state index in [-0.39, 0.29) is 11.6 Å². The summed E-state index contributed by atoms with van der Waals surface area (Å²) < 4.78 is 21.6. The second kappa shape index (κ2) is 9.71. The van der Waals surface area contributed by atoms with E-state index >= 15 is 0 Å². The van der Waals surface area contributed by atoms with E-state index in [1.807, 2.05) is 0 Å². The smallest absolute Gasteiger partial charge is 0.410 e. The van der Waals surface area contributed by atoms with Gasteiger partial charge in [0.15, 0.2) is 5.82 Å². The molecule has 4 aromatic rings. The molecule has 0 aliphatic rings. The van der Waals surface area contributed by atoms with Crippen molar-refractivity contribution in [1.82, 2.24) is 35.5 Å². The molecule has 2 heterocycles. The van der Waals surface area contributed by atoms with Gasteiger partial charge in [-0.2, -0.15) is 4.68 Å². The summed E-state index contributed by atoms with van der Waals surface area (Å²) in [5.74, 6) is -0.124. The van der Waals surface area contributed by atoms with E-state index in [1.54, 1.807) is 50.5 Å². The second-order valence-electron chi connectivity index (χ2n) is 7.75. The highest BCUT2D eigenvalue weighted by Gasteiger charge is 2.18. The lowest BCUT2D eigenvalue weighted by atomic mass is 10.0. The van der Waals surface area contributed by atoms with Crippen LogP contribution < -0.4 is 10.1 Å². The minimum Gasteiger partial charge on any atom is -0.410 e. The summed E-state index contributed by atoms with van der Waals surface area (Å²) in [4.78, 5) is 20.5. The average molecular weight is 463 g/mol. The Labute approximate surface area is 194 Å². The van der Waals surface area contributed by atoms with Gasteiger partial charge in [0.25, 0.3) is 0 Å². The van der Waals surface area contributed by atoms with Gasteiger partial charge in [0.05, 0.1) is 11.7 Å². The van der Waals surface area contributed by atoms with Gasteiger partial charge < -0.3 is 15.2 Å². The molecule has 4 rings (SSSR count). The average Bonchev–Trinajstić information content (AvgIpc) is 3.30. The lowest BCUT2D eigenvalue weighted by Crippen LogP contribution is -2.29. The van der Waals surface area contributed by atoms with Crippen molar-refractivity contribution in [3.8, 4) is 22.6 Å². The van der Waals surface area contributed by atoms with Crippen molar-refractivity contribution in [2.45, 2.75) is 32.9 Å². The van der Waals surface area contributed by atoms with Crippen molar-refractivity contribution < 1.29 is 19.0 Å². The fourth-order valence-electron chi connectivity index (χ4n) is 3.34. The van der Waals surface area contributed by atoms with Crippen LogP contribution in [0.15, 0.2) is 55.1 Å². The third kappa shape index (κ3) is 5.04. The Morgan fingerprint density at radius 1 is 1.15 bits per heavy atom. The van der Waals surface area contributed by atoms with E-state index in [0.29, 0.717) is 22.4 Å². The molecule has 0 spiro atoms. The SMILES string of the molecule is Cc1ccc(-c2cc(OC(=O)NC(C)c3cncnc3)cc(-n3nnnc3C(C)O)c2)c(F)c1. The monoisotopic (exact) mass is 463 g/mol. The van der Waals surface area contributed by atoms with Crippen LogP contribution in [-0.4, -0.2) is 41.4 Å². The van der Waals surface area contributed by atoms with Gasteiger partial charge in [0, 0.05) is 29.6 Å². The van der Waals surface area contributed by atoms with E-state index < -0.39 is 24.1 Å². The summed E-state index contributed by atoms with van der Waals surface area (Å²) >= 11 is 0. The molecular weight excluding hydrogens is 441 g/mol. The number of rotatable bonds is 6. The molecule has 2 aromatic heterocycles. The van der Waals surface area contributed by atoms with Gasteiger partial charge >= 0.3 is 6.09 Å². The van der Waals surface area contributed by atoms with E-state index in [2.05, 4.69) is 30.8 Å². The predicted molar refractivity (Wildman–Crippen MR) is 120 cm³/mol. The van der Waals surface area contributed by atoms with Gasteiger partial charge in [-0.25, -0.2) is 19.2 Å². The number of tetrazole rings is 1. The molecule has 0 bridgehead atoms. The van der Waals surface area contributed by atoms with Gasteiger partial charge in [-0.1, -0.05) is 12.1 Å². The van der Waals surface area contributed by atoms with Crippen molar-refractivity contribution in [2.24, 2.45) is 0 Å². The molecule has 2 N–H and O–H groups in total. The third-order valence-electron chi connectivity index (χ3n) is 5.06. The first kappa shape index (κ1) is 22.9. The number of aliphatic hydroxyl groups excluding tert-OH is 1. The molecule has 0 aliphatic heterocycles. The number of amides is 1. The standard InChI is InChI=1S/C23H22FN7O3/c1-13-4-5-20(21(24)6-13)16-7-18(31-22(15(3)32)28-29-30-31)9-19(8-16)34-23(33)27-14(2)17-10-25-12-26-11-17/h4-12,14-15,32H,1-3H3,(H,27,33). The van der Waals surface area contributed by atoms with Gasteiger partial charge in [-0.05, 0) is 60.5 Å². The van der Waals surface area contributed by atoms with Crippen LogP contribution in [0.25, 0.3) is 16.8 Å². The van der Waals surface area contributed by atoms with E-state index in [0.717, 1.165) is 5.56 Å². The molecule has 2 unspecified atom stereocenters. The van der Waals surface area contributed by atoms with E-state index in [1.165, 1.54) is 30.1 Å². The van der Waals surface area contributed by atoms with Crippen LogP contribution in [-0.2, 0) is 0 Å². The number of aromatic nitrogens is 6. The van der Waals surface area contributed by atoms with Crippen LogP contribution in [0.5, 0.6) is 5.75 Å². The molecule has 0 saturated heterocycles. The molecule has 0 saturated carbocycles. The Morgan fingerprint density at radius 2 is 1.91 bits per heavy atom. The number of hydrogen-bond acceptors (Lipinski definition) is 8. The van der Waals surface area contributed by atoms with Crippen molar-refractivity contribution in [1.29, 1.82) is 0 Å². The zero-order chi connectivity index (χ0) is 24.2. The number of hydrogen-bond donors (Lipinski definition) is 2. The molecule has 0 fully saturated rings. The number of halogens is 1. The summed E-state index contributed by atoms with van der Waals surface area (Å²) in [7, 11) is 0. The number of nitrogens with zero attached hydrogens (tertiary/aromatic N) is 6. The quantitative estimate of drug-likeness (QED) is 0.445. The lowest BCUT2D eigenvalue weighted by molar-refractivity contribution is 0.185. The summed E-state index contributed by atoms with van der Waals surface area (Å²) in [5, 5.41) is 24.1. The van der Waals surface area contributed by atoms with Crippen LogP contribution >= 0.6 is 0 Å². The Hall–Kier alpha value is -4.25. The number of carbonyl (C=O) groups is 1. The molecule has 11 heteroatoms. The van der Waals surface area contributed by atoms with Crippen molar-refractivity contribution in [2.75, 3.05) is 0 Å². The van der Waals surface area contributed by atoms with E-state index in [9.17, 15) is 14.3 Å². The topological polar surface area (TPSA) is 128 Å². The number of aryl methyl sites for hydroxylation is 1. The normalized spacial score (nSPS) is 12.7. The molecule has 174 valence electrons. The molecule has 1 amide bonds. The van der Waals surface area contributed by atoms with Crippen LogP contribution in [0.2, 0.25) is 0 Å². The summed E-state index contributed by atoms with van der Waals surface area (Å²) in [6, 6.07) is 9.13. The zero-order valence-electron chi connectivity index (χ0n) is 18.7. The minimum absolute atomic E-state index is 0.133. The third-order valence-corrected chi connectivity index (χ3v) is 5.06. The Balaban J connectivity index is 1.70. The summed E-state index contributed by atoms with van der Waals surface area (Å²) in [5.41, 5.74) is 2.59. The fraction of sp³-hybridized carbons (Fsp3) is 0.217. The molecule has 2 atom stereocenters. The molecule has 0 aliphatic carbocycles. The van der Waals surface area contributed by atoms with Crippen LogP contribution in [0, 0.1) is 12.7 Å². The van der Waals surface area contributed by atoms with Gasteiger partial charge in [-0.3, -0.25) is 0 Å². The highest BCUT2D eigenvalue weighted by molar-refractivity contribution is 5.74. The highest BCUT2D eigenvalue weighted by Crippen LogP contribution is 2.31. The van der Waals surface area contributed by atoms with E-state index in [4.69, 9.17) is 4.74 Å². The largest absolute Gasteiger partial charge is 0.413 e. The first-order chi connectivity index (χ1) is 16.3. The maximum Gasteiger partial charge on any atom is 0.413 e. The summed E-state index contributed by atoms with van der Waals surface area (Å²) in [6.07, 6.45) is 2.89. The molecule has 0 radical (unpaired) electrons. The van der Waals surface area contributed by atoms with Crippen LogP contribution in [0.1, 0.15) is 42.9 Å². The highest BCUT2D eigenvalue weighted by atomic mass is 19.1. The number of aliphatic hydroxyl groups is 1. The van der Waals surface area contributed by atoms with Crippen LogP contribution in [0.4, 0.5) is 9.18 Å². The van der Waals surface area contributed by atoms with Crippen molar-refractivity contribution in [3.63, 3.8) is 0 Å². The minimum atomic E-state index is -0.962. The van der Waals surface area contributed by atoms with Gasteiger partial charge in [0.2, 0.25) is 0 Å².